The van der Waals surface area contributed by atoms with E-state index in [4.69, 9.17) is 11.5 Å². The zero-order valence-corrected chi connectivity index (χ0v) is 60.5. The highest BCUT2D eigenvalue weighted by molar-refractivity contribution is 7.98. The molecule has 1 heterocycles. The van der Waals surface area contributed by atoms with Crippen molar-refractivity contribution in [3.63, 3.8) is 0 Å². The van der Waals surface area contributed by atoms with Gasteiger partial charge >= 0.3 is 17.9 Å². The number of amides is 13. The summed E-state index contributed by atoms with van der Waals surface area (Å²) in [6.07, 6.45) is -2.63. The summed E-state index contributed by atoms with van der Waals surface area (Å²) in [6, 6.07) is -9.60. The van der Waals surface area contributed by atoms with Crippen molar-refractivity contribution in [2.24, 2.45) is 35.1 Å². The molecule has 19 N–H and O–H groups in total. The van der Waals surface area contributed by atoms with Crippen LogP contribution in [0.4, 0.5) is 0 Å². The predicted octanol–water partition coefficient (Wildman–Crippen LogP) is -2.94. The van der Waals surface area contributed by atoms with Gasteiger partial charge in [0.25, 0.3) is 0 Å². The number of aliphatic hydroxyl groups is 1. The van der Waals surface area contributed by atoms with E-state index >= 15 is 0 Å². The van der Waals surface area contributed by atoms with Crippen LogP contribution in [0.5, 0.6) is 0 Å². The number of nitrogens with two attached hydrogens (primary N) is 2. The minimum atomic E-state index is -1.94. The summed E-state index contributed by atoms with van der Waals surface area (Å²) in [5, 5.41) is 66.9. The number of rotatable bonds is 46. The number of thioether (sulfide) groups is 1. The Kier molecular flexibility index (Phi) is 39.0. The number of nitrogens with one attached hydrogen (secondary N) is 11. The zero-order valence-electron chi connectivity index (χ0n) is 58.8. The molecule has 566 valence electrons. The van der Waals surface area contributed by atoms with E-state index in [2.05, 4.69) is 71.1 Å². The Labute approximate surface area is 596 Å². The summed E-state index contributed by atoms with van der Waals surface area (Å²) in [4.78, 5) is 215. The van der Waals surface area contributed by atoms with Crippen molar-refractivity contribution in [1.82, 2.24) is 63.4 Å². The second kappa shape index (κ2) is 44.6. The molecule has 0 bridgehead atoms. The smallest absolute Gasteiger partial charge is 0.326 e. The standard InChI is InChI=1S/C65H104N14O20S2/c1-32(2)25-41(58(91)72-42(26-33(3)4)59(92)74-44(29-51(85)86)61(94)70-39(18-20-48(67)81)57(90)75-45(27-34(5)6)64(97)79-23-14-17-47(79)65(98)99)69-49(82)30-68-55(88)46(31-100)76-60(93)43(28-37-15-12-11-13-16-37)73-56(89)40(19-21-50(83)84)71-63(96)53(36(9)80)78-62(95)52(35(7)8)77-54(87)38(66)22-24-101-10/h11-13,15-16,32-36,38-47,52-53,80,100H,14,17-31,66H2,1-10H3,(H2,67,81)(H,68,88)(H,69,82)(H,70,94)(H,71,96)(H,72,91)(H,73,89)(H,74,92)(H,75,90)(H,76,93)(H,77,87)(H,78,95)(H,83,84)(H,85,86)(H,98,99)/t36-,38+,39+,40+,41+,42+,43+,44+,45+,46+,47+,52+,53+/m1/s1. The largest absolute Gasteiger partial charge is 0.481 e. The fraction of sp³-hybridized carbons (Fsp3) is 0.662. The first-order chi connectivity index (χ1) is 47.3. The molecule has 0 aromatic heterocycles. The Bertz CT molecular complexity index is 3040. The van der Waals surface area contributed by atoms with Crippen LogP contribution >= 0.6 is 24.4 Å². The number of carboxylic acid groups (broad SMARTS) is 3. The monoisotopic (exact) mass is 1460 g/mol. The van der Waals surface area contributed by atoms with Crippen LogP contribution in [0.25, 0.3) is 0 Å². The number of thiol groups is 1. The number of carbonyl (C=O) groups excluding carboxylic acids is 13. The van der Waals surface area contributed by atoms with Gasteiger partial charge in [-0.1, -0.05) is 85.7 Å². The Morgan fingerprint density at radius 3 is 1.50 bits per heavy atom. The molecular weight excluding hydrogens is 1360 g/mol. The molecule has 1 aliphatic rings. The number of nitrogens with zero attached hydrogens (tertiary/aromatic N) is 1. The van der Waals surface area contributed by atoms with Gasteiger partial charge in [0.2, 0.25) is 76.8 Å². The highest BCUT2D eigenvalue weighted by Crippen LogP contribution is 2.21. The Morgan fingerprint density at radius 1 is 0.535 bits per heavy atom. The molecular formula is C65H104N14O20S2. The highest BCUT2D eigenvalue weighted by Gasteiger charge is 2.41. The van der Waals surface area contributed by atoms with Gasteiger partial charge in [0.1, 0.15) is 66.5 Å². The zero-order chi connectivity index (χ0) is 76.5. The molecule has 2 rings (SSSR count). The quantitative estimate of drug-likeness (QED) is 0.0290. The van der Waals surface area contributed by atoms with Gasteiger partial charge in [0.15, 0.2) is 0 Å². The van der Waals surface area contributed by atoms with Crippen molar-refractivity contribution >= 4 is 119 Å². The van der Waals surface area contributed by atoms with Crippen molar-refractivity contribution in [3.05, 3.63) is 35.9 Å². The minimum absolute atomic E-state index is 0.0312. The molecule has 13 atom stereocenters. The van der Waals surface area contributed by atoms with Crippen molar-refractivity contribution in [2.75, 3.05) is 30.9 Å². The number of benzene rings is 1. The van der Waals surface area contributed by atoms with Crippen LogP contribution < -0.4 is 70.0 Å². The van der Waals surface area contributed by atoms with Crippen LogP contribution in [0.3, 0.4) is 0 Å². The van der Waals surface area contributed by atoms with Gasteiger partial charge in [-0.05, 0) is 99.5 Å². The molecule has 0 spiro atoms. The summed E-state index contributed by atoms with van der Waals surface area (Å²) in [7, 11) is 0. The van der Waals surface area contributed by atoms with Crippen molar-refractivity contribution in [2.45, 2.75) is 218 Å². The topological polar surface area (TPSA) is 542 Å². The third-order valence-corrected chi connectivity index (χ3v) is 16.9. The number of carboxylic acids is 3. The van der Waals surface area contributed by atoms with Crippen LogP contribution in [0.2, 0.25) is 0 Å². The second-order valence-corrected chi connectivity index (χ2v) is 27.8. The van der Waals surface area contributed by atoms with Gasteiger partial charge in [0.05, 0.1) is 25.1 Å². The molecule has 34 nitrogen and oxygen atoms in total. The Hall–Kier alpha value is -8.64. The van der Waals surface area contributed by atoms with Gasteiger partial charge in [0, 0.05) is 31.6 Å². The number of aliphatic hydroxyl groups excluding tert-OH is 1. The summed E-state index contributed by atoms with van der Waals surface area (Å²) >= 11 is 5.69. The first-order valence-electron chi connectivity index (χ1n) is 33.4. The van der Waals surface area contributed by atoms with E-state index in [0.29, 0.717) is 24.2 Å². The molecule has 0 aliphatic carbocycles. The lowest BCUT2D eigenvalue weighted by molar-refractivity contribution is -0.149. The lowest BCUT2D eigenvalue weighted by atomic mass is 9.99. The summed E-state index contributed by atoms with van der Waals surface area (Å²) < 4.78 is 0. The van der Waals surface area contributed by atoms with E-state index in [1.54, 1.807) is 85.7 Å². The molecule has 13 amide bonds. The van der Waals surface area contributed by atoms with E-state index in [1.165, 1.54) is 11.8 Å². The SMILES string of the molecule is CSCC[C@H](N)C(=O)N[C@H](C(=O)N[C@H](C(=O)N[C@@H](CCC(=O)O)C(=O)N[C@@H](Cc1ccccc1)C(=O)N[C@@H](CS)C(=O)NCC(=O)N[C@@H](CC(C)C)C(=O)N[C@@H](CC(C)C)C(=O)N[C@@H](CC(=O)O)C(=O)N[C@@H](CCC(N)=O)C(=O)N[C@@H](CC(C)C)C(=O)N1CCC[C@H]1C(=O)O)[C@@H](C)O)C(C)C. The number of likely N-dealkylation sites (tertiary alicyclic amines) is 1. The van der Waals surface area contributed by atoms with Crippen molar-refractivity contribution in [1.29, 1.82) is 0 Å². The summed E-state index contributed by atoms with van der Waals surface area (Å²) in [5.74, 6) is -18.1. The molecule has 101 heavy (non-hydrogen) atoms. The molecule has 1 aliphatic heterocycles. The third-order valence-electron chi connectivity index (χ3n) is 15.9. The summed E-state index contributed by atoms with van der Waals surface area (Å²) in [6.45, 7) is 13.9. The van der Waals surface area contributed by atoms with Gasteiger partial charge in [-0.15, -0.1) is 0 Å². The Morgan fingerprint density at radius 2 is 0.990 bits per heavy atom. The summed E-state index contributed by atoms with van der Waals surface area (Å²) in [5.41, 5.74) is 11.9. The average molecular weight is 1470 g/mol. The molecule has 1 aromatic rings. The van der Waals surface area contributed by atoms with Crippen LogP contribution in [0, 0.1) is 23.7 Å². The van der Waals surface area contributed by atoms with E-state index in [0.717, 1.165) is 11.8 Å². The molecule has 1 saturated heterocycles. The lowest BCUT2D eigenvalue weighted by Gasteiger charge is -2.30. The maximum atomic E-state index is 14.2. The second-order valence-electron chi connectivity index (χ2n) is 26.4. The average Bonchev–Trinajstić information content (AvgIpc) is 1.82. The first-order valence-corrected chi connectivity index (χ1v) is 35.5. The minimum Gasteiger partial charge on any atom is -0.481 e. The molecule has 1 aromatic carbocycles. The third kappa shape index (κ3) is 32.3. The number of primary amides is 1. The van der Waals surface area contributed by atoms with Gasteiger partial charge in [-0.25, -0.2) is 4.79 Å². The van der Waals surface area contributed by atoms with Crippen LogP contribution in [0.15, 0.2) is 30.3 Å². The molecule has 0 radical (unpaired) electrons. The van der Waals surface area contributed by atoms with Gasteiger partial charge in [-0.2, -0.15) is 24.4 Å². The van der Waals surface area contributed by atoms with E-state index in [-0.39, 0.29) is 56.4 Å². The molecule has 0 unspecified atom stereocenters. The predicted molar refractivity (Wildman–Crippen MR) is 372 cm³/mol. The van der Waals surface area contributed by atoms with E-state index in [9.17, 15) is 97.1 Å². The number of aliphatic carboxylic acids is 3. The normalized spacial score (nSPS) is 16.4. The molecule has 1 fully saturated rings. The van der Waals surface area contributed by atoms with E-state index < -0.39 is 224 Å². The molecule has 36 heteroatoms. The maximum absolute atomic E-state index is 14.2. The number of hydrogen-bond donors (Lipinski definition) is 18. The fourth-order valence-electron chi connectivity index (χ4n) is 10.6. The number of hydrogen-bond acceptors (Lipinski definition) is 20. The fourth-order valence-corrected chi connectivity index (χ4v) is 11.3. The Balaban J connectivity index is 2.36. The molecule has 0 saturated carbocycles. The number of carbonyl (C=O) groups is 16. The van der Waals surface area contributed by atoms with Gasteiger partial charge < -0.3 is 95.3 Å². The van der Waals surface area contributed by atoms with E-state index in [1.807, 2.05) is 6.26 Å². The lowest BCUT2D eigenvalue weighted by Crippen LogP contribution is -2.62. The van der Waals surface area contributed by atoms with Gasteiger partial charge in [-0.3, -0.25) is 71.9 Å². The van der Waals surface area contributed by atoms with Crippen molar-refractivity contribution < 1.29 is 97.1 Å². The van der Waals surface area contributed by atoms with Crippen molar-refractivity contribution in [3.8, 4) is 0 Å². The maximum Gasteiger partial charge on any atom is 0.326 e. The van der Waals surface area contributed by atoms with Crippen LogP contribution in [-0.2, 0) is 83.1 Å². The van der Waals surface area contributed by atoms with Crippen LogP contribution in [0.1, 0.15) is 139 Å². The highest BCUT2D eigenvalue weighted by atomic mass is 32.2. The van der Waals surface area contributed by atoms with Crippen LogP contribution in [-0.4, -0.2) is 229 Å². The first kappa shape index (κ1) is 88.4.